The Morgan fingerprint density at radius 2 is 1.90 bits per heavy atom. The Morgan fingerprint density at radius 1 is 1.15 bits per heavy atom. The second-order valence-electron chi connectivity index (χ2n) is 5.09. The molecule has 106 valence electrons. The van der Waals surface area contributed by atoms with Crippen LogP contribution in [0.2, 0.25) is 0 Å². The third-order valence-corrected chi connectivity index (χ3v) is 3.03. The first kappa shape index (κ1) is 14.4. The lowest BCUT2D eigenvalue weighted by Gasteiger charge is -2.16. The average Bonchev–Trinajstić information content (AvgIpc) is 2.41. The number of anilines is 1. The lowest BCUT2D eigenvalue weighted by molar-refractivity contribution is 0.243. The van der Waals surface area contributed by atoms with Crippen LogP contribution >= 0.6 is 0 Å². The largest absolute Gasteiger partial charge is 0.489 e. The molecule has 0 saturated carbocycles. The average molecular weight is 273 g/mol. The molecule has 20 heavy (non-hydrogen) atoms. The fourth-order valence-electron chi connectivity index (χ4n) is 1.99. The standard InChI is InChI=1S/C17H20FNO/c1-12(2)20-17-7-5-4-6-16(17)19-11-14-10-15(18)9-8-13(14)3/h4-10,12,19H,11H2,1-3H3. The van der Waals surface area contributed by atoms with Crippen LogP contribution in [-0.4, -0.2) is 6.10 Å². The molecule has 0 spiro atoms. The van der Waals surface area contributed by atoms with E-state index in [2.05, 4.69) is 5.32 Å². The molecule has 2 aromatic rings. The van der Waals surface area contributed by atoms with Crippen LogP contribution in [0, 0.1) is 12.7 Å². The van der Waals surface area contributed by atoms with Crippen molar-refractivity contribution in [2.75, 3.05) is 5.32 Å². The molecule has 2 aromatic carbocycles. The van der Waals surface area contributed by atoms with E-state index in [1.54, 1.807) is 12.1 Å². The van der Waals surface area contributed by atoms with Crippen molar-refractivity contribution < 1.29 is 9.13 Å². The predicted molar refractivity (Wildman–Crippen MR) is 80.7 cm³/mol. The summed E-state index contributed by atoms with van der Waals surface area (Å²) in [5.74, 6) is 0.607. The number of benzene rings is 2. The molecule has 0 unspecified atom stereocenters. The van der Waals surface area contributed by atoms with Gasteiger partial charge in [-0.1, -0.05) is 18.2 Å². The molecule has 0 aliphatic carbocycles. The van der Waals surface area contributed by atoms with Crippen LogP contribution in [0.3, 0.4) is 0 Å². The van der Waals surface area contributed by atoms with Gasteiger partial charge in [0.25, 0.3) is 0 Å². The Balaban J connectivity index is 2.12. The fourth-order valence-corrected chi connectivity index (χ4v) is 1.99. The summed E-state index contributed by atoms with van der Waals surface area (Å²) in [4.78, 5) is 0. The van der Waals surface area contributed by atoms with E-state index in [0.29, 0.717) is 6.54 Å². The normalized spacial score (nSPS) is 10.7. The number of halogens is 1. The highest BCUT2D eigenvalue weighted by Crippen LogP contribution is 2.25. The lowest BCUT2D eigenvalue weighted by atomic mass is 10.1. The Morgan fingerprint density at radius 3 is 2.65 bits per heavy atom. The van der Waals surface area contributed by atoms with E-state index in [-0.39, 0.29) is 11.9 Å². The topological polar surface area (TPSA) is 21.3 Å². The van der Waals surface area contributed by atoms with Gasteiger partial charge in [-0.3, -0.25) is 0 Å². The number of ether oxygens (including phenoxy) is 1. The Kier molecular flexibility index (Phi) is 4.61. The number of aryl methyl sites for hydroxylation is 1. The highest BCUT2D eigenvalue weighted by atomic mass is 19.1. The molecule has 0 saturated heterocycles. The minimum absolute atomic E-state index is 0.119. The number of hydrogen-bond donors (Lipinski definition) is 1. The van der Waals surface area contributed by atoms with Crippen LogP contribution in [0.25, 0.3) is 0 Å². The van der Waals surface area contributed by atoms with Gasteiger partial charge in [0.2, 0.25) is 0 Å². The molecule has 1 N–H and O–H groups in total. The monoisotopic (exact) mass is 273 g/mol. The maximum Gasteiger partial charge on any atom is 0.142 e. The molecule has 0 fully saturated rings. The minimum atomic E-state index is -0.209. The van der Waals surface area contributed by atoms with E-state index in [4.69, 9.17) is 4.74 Å². The third-order valence-electron chi connectivity index (χ3n) is 3.03. The highest BCUT2D eigenvalue weighted by molar-refractivity contribution is 5.56. The second-order valence-corrected chi connectivity index (χ2v) is 5.09. The van der Waals surface area contributed by atoms with Crippen molar-refractivity contribution in [1.82, 2.24) is 0 Å². The molecule has 0 bridgehead atoms. The maximum absolute atomic E-state index is 13.3. The predicted octanol–water partition coefficient (Wildman–Crippen LogP) is 4.53. The van der Waals surface area contributed by atoms with Crippen molar-refractivity contribution in [3.63, 3.8) is 0 Å². The van der Waals surface area contributed by atoms with Crippen molar-refractivity contribution >= 4 is 5.69 Å². The van der Waals surface area contributed by atoms with Crippen molar-refractivity contribution in [3.05, 3.63) is 59.4 Å². The summed E-state index contributed by atoms with van der Waals surface area (Å²) in [7, 11) is 0. The number of para-hydroxylation sites is 2. The van der Waals surface area contributed by atoms with Gasteiger partial charge < -0.3 is 10.1 Å². The third kappa shape index (κ3) is 3.73. The van der Waals surface area contributed by atoms with Crippen LogP contribution in [0.15, 0.2) is 42.5 Å². The smallest absolute Gasteiger partial charge is 0.142 e. The molecule has 0 aliphatic rings. The summed E-state index contributed by atoms with van der Waals surface area (Å²) in [6.45, 7) is 6.54. The SMILES string of the molecule is Cc1ccc(F)cc1CNc1ccccc1OC(C)C. The minimum Gasteiger partial charge on any atom is -0.489 e. The van der Waals surface area contributed by atoms with Gasteiger partial charge in [0.1, 0.15) is 11.6 Å². The molecule has 0 radical (unpaired) electrons. The molecule has 3 heteroatoms. The van der Waals surface area contributed by atoms with E-state index in [1.807, 2.05) is 45.0 Å². The highest BCUT2D eigenvalue weighted by Gasteiger charge is 2.06. The number of rotatable bonds is 5. The molecule has 0 heterocycles. The Labute approximate surface area is 119 Å². The zero-order valence-electron chi connectivity index (χ0n) is 12.1. The summed E-state index contributed by atoms with van der Waals surface area (Å²) in [6, 6.07) is 12.6. The first-order chi connectivity index (χ1) is 9.56. The van der Waals surface area contributed by atoms with Gasteiger partial charge >= 0.3 is 0 Å². The van der Waals surface area contributed by atoms with Crippen molar-refractivity contribution in [2.24, 2.45) is 0 Å². The summed E-state index contributed by atoms with van der Waals surface area (Å²) in [5.41, 5.74) is 2.94. The molecular weight excluding hydrogens is 253 g/mol. The summed E-state index contributed by atoms with van der Waals surface area (Å²) in [6.07, 6.45) is 0.119. The molecule has 0 atom stereocenters. The van der Waals surface area contributed by atoms with Gasteiger partial charge in [-0.15, -0.1) is 0 Å². The van der Waals surface area contributed by atoms with Crippen molar-refractivity contribution in [1.29, 1.82) is 0 Å². The van der Waals surface area contributed by atoms with E-state index >= 15 is 0 Å². The zero-order chi connectivity index (χ0) is 14.5. The van der Waals surface area contributed by atoms with E-state index in [1.165, 1.54) is 6.07 Å². The number of nitrogens with one attached hydrogen (secondary N) is 1. The van der Waals surface area contributed by atoms with Gasteiger partial charge in [0.15, 0.2) is 0 Å². The van der Waals surface area contributed by atoms with Gasteiger partial charge in [-0.25, -0.2) is 4.39 Å². The lowest BCUT2D eigenvalue weighted by Crippen LogP contribution is -2.09. The van der Waals surface area contributed by atoms with Crippen LogP contribution in [0.1, 0.15) is 25.0 Å². The molecule has 2 rings (SSSR count). The molecular formula is C17H20FNO. The number of hydrogen-bond acceptors (Lipinski definition) is 2. The van der Waals surface area contributed by atoms with Crippen LogP contribution < -0.4 is 10.1 Å². The fraction of sp³-hybridized carbons (Fsp3) is 0.294. The van der Waals surface area contributed by atoms with E-state index in [0.717, 1.165) is 22.6 Å². The zero-order valence-corrected chi connectivity index (χ0v) is 12.1. The first-order valence-corrected chi connectivity index (χ1v) is 6.81. The van der Waals surface area contributed by atoms with Crippen molar-refractivity contribution in [2.45, 2.75) is 33.4 Å². The quantitative estimate of drug-likeness (QED) is 0.864. The summed E-state index contributed by atoms with van der Waals surface area (Å²) < 4.78 is 19.0. The molecule has 0 aromatic heterocycles. The van der Waals surface area contributed by atoms with E-state index < -0.39 is 0 Å². The van der Waals surface area contributed by atoms with Gasteiger partial charge in [-0.2, -0.15) is 0 Å². The van der Waals surface area contributed by atoms with E-state index in [9.17, 15) is 4.39 Å². The summed E-state index contributed by atoms with van der Waals surface area (Å²) >= 11 is 0. The Hall–Kier alpha value is -2.03. The first-order valence-electron chi connectivity index (χ1n) is 6.81. The van der Waals surface area contributed by atoms with Gasteiger partial charge in [-0.05, 0) is 56.2 Å². The van der Waals surface area contributed by atoms with Crippen LogP contribution in [-0.2, 0) is 6.54 Å². The summed E-state index contributed by atoms with van der Waals surface area (Å²) in [5, 5.41) is 3.31. The van der Waals surface area contributed by atoms with Gasteiger partial charge in [0, 0.05) is 6.54 Å². The van der Waals surface area contributed by atoms with Crippen LogP contribution in [0.4, 0.5) is 10.1 Å². The van der Waals surface area contributed by atoms with Crippen molar-refractivity contribution in [3.8, 4) is 5.75 Å². The second kappa shape index (κ2) is 6.42. The van der Waals surface area contributed by atoms with Crippen LogP contribution in [0.5, 0.6) is 5.75 Å². The Bertz CT molecular complexity index is 581. The van der Waals surface area contributed by atoms with Gasteiger partial charge in [0.05, 0.1) is 11.8 Å². The molecule has 0 amide bonds. The maximum atomic E-state index is 13.3. The molecule has 2 nitrogen and oxygen atoms in total. The molecule has 0 aliphatic heterocycles.